The highest BCUT2D eigenvalue weighted by atomic mass is 32.2. The van der Waals surface area contributed by atoms with E-state index in [-0.39, 0.29) is 11.2 Å². The van der Waals surface area contributed by atoms with Crippen LogP contribution in [0.15, 0.2) is 34.7 Å². The molecule has 128 valence electrons. The minimum atomic E-state index is -0.182. The lowest BCUT2D eigenvalue weighted by atomic mass is 10.2. The van der Waals surface area contributed by atoms with Crippen LogP contribution < -0.4 is 0 Å². The van der Waals surface area contributed by atoms with Crippen molar-refractivity contribution in [2.24, 2.45) is 0 Å². The number of hydrogen-bond donors (Lipinski definition) is 0. The molecular formula is C16H19N3O3S2. The van der Waals surface area contributed by atoms with Gasteiger partial charge in [-0.25, -0.2) is 4.68 Å². The van der Waals surface area contributed by atoms with Gasteiger partial charge in [0.2, 0.25) is 5.89 Å². The number of carbonyl (C=O) groups is 1. The smallest absolute Gasteiger partial charge is 0.320 e. The SMILES string of the molecule is COC(=O)[C@@H]1CN(Cn2nc(Cc3ccccc3)oc2=S)CCS1. The van der Waals surface area contributed by atoms with Crippen LogP contribution >= 0.6 is 24.0 Å². The molecule has 24 heavy (non-hydrogen) atoms. The molecule has 0 amide bonds. The number of thioether (sulfide) groups is 1. The largest absolute Gasteiger partial charge is 0.468 e. The van der Waals surface area contributed by atoms with Gasteiger partial charge in [0.1, 0.15) is 5.25 Å². The Bertz CT molecular complexity index is 745. The summed E-state index contributed by atoms with van der Waals surface area (Å²) in [6, 6.07) is 10.0. The van der Waals surface area contributed by atoms with Gasteiger partial charge in [0.05, 0.1) is 20.2 Å². The van der Waals surface area contributed by atoms with Gasteiger partial charge in [-0.05, 0) is 17.8 Å². The molecule has 0 N–H and O–H groups in total. The van der Waals surface area contributed by atoms with E-state index in [1.54, 1.807) is 16.4 Å². The van der Waals surface area contributed by atoms with Gasteiger partial charge in [0.15, 0.2) is 0 Å². The molecule has 0 saturated carbocycles. The van der Waals surface area contributed by atoms with E-state index in [1.807, 2.05) is 30.3 Å². The Balaban J connectivity index is 1.65. The number of methoxy groups -OCH3 is 1. The number of ether oxygens (including phenoxy) is 1. The third-order valence-electron chi connectivity index (χ3n) is 3.79. The lowest BCUT2D eigenvalue weighted by Gasteiger charge is -2.30. The fourth-order valence-corrected chi connectivity index (χ4v) is 3.97. The maximum Gasteiger partial charge on any atom is 0.320 e. The van der Waals surface area contributed by atoms with Crippen LogP contribution in [-0.2, 0) is 22.6 Å². The average molecular weight is 365 g/mol. The summed E-state index contributed by atoms with van der Waals surface area (Å²) in [6.07, 6.45) is 0.609. The van der Waals surface area contributed by atoms with Crippen molar-refractivity contribution in [3.63, 3.8) is 0 Å². The Hall–Kier alpha value is -1.64. The Kier molecular flexibility index (Phi) is 5.70. The summed E-state index contributed by atoms with van der Waals surface area (Å²) in [5.41, 5.74) is 1.13. The molecule has 1 fully saturated rings. The van der Waals surface area contributed by atoms with E-state index in [1.165, 1.54) is 7.11 Å². The van der Waals surface area contributed by atoms with Crippen LogP contribution in [0.4, 0.5) is 0 Å². The molecule has 8 heteroatoms. The first-order valence-corrected chi connectivity index (χ1v) is 9.14. The number of esters is 1. The zero-order chi connectivity index (χ0) is 16.9. The fraction of sp³-hybridized carbons (Fsp3) is 0.438. The summed E-state index contributed by atoms with van der Waals surface area (Å²) in [5, 5.41) is 4.31. The van der Waals surface area contributed by atoms with Crippen LogP contribution in [0.5, 0.6) is 0 Å². The molecule has 3 rings (SSSR count). The Labute approximate surface area is 149 Å². The predicted octanol–water partition coefficient (Wildman–Crippen LogP) is 2.34. The summed E-state index contributed by atoms with van der Waals surface area (Å²) in [6.45, 7) is 2.02. The Morgan fingerprint density at radius 3 is 3.00 bits per heavy atom. The van der Waals surface area contributed by atoms with Gasteiger partial charge in [0, 0.05) is 18.8 Å². The first kappa shape index (κ1) is 17.2. The van der Waals surface area contributed by atoms with Crippen LogP contribution in [0.2, 0.25) is 0 Å². The molecule has 1 aliphatic heterocycles. The van der Waals surface area contributed by atoms with E-state index in [4.69, 9.17) is 21.4 Å². The molecule has 1 aromatic carbocycles. The minimum Gasteiger partial charge on any atom is -0.468 e. The van der Waals surface area contributed by atoms with Crippen LogP contribution in [-0.4, -0.2) is 51.9 Å². The summed E-state index contributed by atoms with van der Waals surface area (Å²) in [7, 11) is 1.42. The zero-order valence-corrected chi connectivity index (χ0v) is 15.0. The number of benzene rings is 1. The Morgan fingerprint density at radius 2 is 2.25 bits per heavy atom. The van der Waals surface area contributed by atoms with Gasteiger partial charge >= 0.3 is 5.97 Å². The second-order valence-electron chi connectivity index (χ2n) is 5.52. The maximum absolute atomic E-state index is 11.7. The van der Waals surface area contributed by atoms with Gasteiger partial charge in [-0.15, -0.1) is 16.9 Å². The highest BCUT2D eigenvalue weighted by Crippen LogP contribution is 2.20. The van der Waals surface area contributed by atoms with E-state index >= 15 is 0 Å². The van der Waals surface area contributed by atoms with E-state index in [0.717, 1.165) is 17.9 Å². The summed E-state index contributed by atoms with van der Waals surface area (Å²) >= 11 is 6.90. The molecule has 6 nitrogen and oxygen atoms in total. The van der Waals surface area contributed by atoms with Crippen molar-refractivity contribution in [1.82, 2.24) is 14.7 Å². The lowest BCUT2D eigenvalue weighted by molar-refractivity contribution is -0.140. The molecule has 2 heterocycles. The minimum absolute atomic E-state index is 0.159. The second kappa shape index (κ2) is 7.96. The lowest BCUT2D eigenvalue weighted by Crippen LogP contribution is -2.42. The molecule has 1 aromatic heterocycles. The molecule has 0 bridgehead atoms. The first-order valence-electron chi connectivity index (χ1n) is 7.68. The van der Waals surface area contributed by atoms with Crippen molar-refractivity contribution < 1.29 is 13.9 Å². The molecular weight excluding hydrogens is 346 g/mol. The van der Waals surface area contributed by atoms with Crippen molar-refractivity contribution in [1.29, 1.82) is 0 Å². The van der Waals surface area contributed by atoms with Crippen LogP contribution in [0.1, 0.15) is 11.5 Å². The molecule has 1 saturated heterocycles. The van der Waals surface area contributed by atoms with Crippen molar-refractivity contribution in [2.45, 2.75) is 18.3 Å². The van der Waals surface area contributed by atoms with Crippen LogP contribution in [0, 0.1) is 4.84 Å². The van der Waals surface area contributed by atoms with Crippen molar-refractivity contribution in [3.05, 3.63) is 46.6 Å². The Morgan fingerprint density at radius 1 is 1.46 bits per heavy atom. The molecule has 0 aliphatic carbocycles. The maximum atomic E-state index is 11.7. The number of nitrogens with zero attached hydrogens (tertiary/aromatic N) is 3. The van der Waals surface area contributed by atoms with Gasteiger partial charge < -0.3 is 9.15 Å². The number of hydrogen-bond acceptors (Lipinski definition) is 7. The van der Waals surface area contributed by atoms with Crippen LogP contribution in [0.3, 0.4) is 0 Å². The molecule has 0 unspecified atom stereocenters. The van der Waals surface area contributed by atoms with Gasteiger partial charge in [0.25, 0.3) is 4.84 Å². The summed E-state index contributed by atoms with van der Waals surface area (Å²) in [5.74, 6) is 1.29. The molecule has 1 aliphatic rings. The number of rotatable bonds is 5. The van der Waals surface area contributed by atoms with Gasteiger partial charge in [-0.3, -0.25) is 9.69 Å². The normalized spacial score (nSPS) is 18.5. The van der Waals surface area contributed by atoms with Crippen molar-refractivity contribution in [3.8, 4) is 0 Å². The standard InChI is InChI=1S/C16H19N3O3S2/c1-21-15(20)13-10-18(7-8-24-13)11-19-16(23)22-14(17-19)9-12-5-3-2-4-6-12/h2-6,13H,7-11H2,1H3/t13-/m0/s1. The second-order valence-corrected chi connectivity index (χ2v) is 7.18. The van der Waals surface area contributed by atoms with Crippen molar-refractivity contribution >= 4 is 29.9 Å². The highest BCUT2D eigenvalue weighted by Gasteiger charge is 2.27. The number of aromatic nitrogens is 2. The number of carbonyl (C=O) groups excluding carboxylic acids is 1. The topological polar surface area (TPSA) is 60.5 Å². The average Bonchev–Trinajstić information content (AvgIpc) is 2.94. The highest BCUT2D eigenvalue weighted by molar-refractivity contribution is 8.00. The summed E-state index contributed by atoms with van der Waals surface area (Å²) < 4.78 is 12.1. The molecule has 1 atom stereocenters. The van der Waals surface area contributed by atoms with Gasteiger partial charge in [-0.2, -0.15) is 0 Å². The quantitative estimate of drug-likeness (QED) is 0.595. The van der Waals surface area contributed by atoms with E-state index in [2.05, 4.69) is 10.00 Å². The fourth-order valence-electron chi connectivity index (χ4n) is 2.58. The third-order valence-corrected chi connectivity index (χ3v) is 5.25. The zero-order valence-electron chi connectivity index (χ0n) is 13.4. The first-order chi connectivity index (χ1) is 11.7. The predicted molar refractivity (Wildman–Crippen MR) is 94.4 cm³/mol. The molecule has 2 aromatic rings. The van der Waals surface area contributed by atoms with Crippen LogP contribution in [0.25, 0.3) is 0 Å². The monoisotopic (exact) mass is 365 g/mol. The molecule has 0 radical (unpaired) electrons. The van der Waals surface area contributed by atoms with E-state index in [0.29, 0.717) is 30.4 Å². The summed E-state index contributed by atoms with van der Waals surface area (Å²) in [4.78, 5) is 14.2. The molecule has 0 spiro atoms. The van der Waals surface area contributed by atoms with Crippen molar-refractivity contribution in [2.75, 3.05) is 26.0 Å². The van der Waals surface area contributed by atoms with E-state index in [9.17, 15) is 4.79 Å². The van der Waals surface area contributed by atoms with E-state index < -0.39 is 0 Å². The van der Waals surface area contributed by atoms with Gasteiger partial charge in [-0.1, -0.05) is 30.3 Å². The third kappa shape index (κ3) is 4.25.